The van der Waals surface area contributed by atoms with Gasteiger partial charge in [0.05, 0.1) is 4.88 Å². The Balaban J connectivity index is 1.60. The van der Waals surface area contributed by atoms with E-state index in [1.165, 1.54) is 15.8 Å². The van der Waals surface area contributed by atoms with Crippen LogP contribution in [0.2, 0.25) is 0 Å². The third-order valence-electron chi connectivity index (χ3n) is 3.94. The van der Waals surface area contributed by atoms with E-state index in [9.17, 15) is 9.90 Å². The van der Waals surface area contributed by atoms with Gasteiger partial charge in [0.2, 0.25) is 0 Å². The zero-order chi connectivity index (χ0) is 13.2. The van der Waals surface area contributed by atoms with Crippen LogP contribution in [0.3, 0.4) is 0 Å². The summed E-state index contributed by atoms with van der Waals surface area (Å²) in [5.74, 6) is 0.833. The molecule has 2 heterocycles. The van der Waals surface area contributed by atoms with Crippen molar-refractivity contribution in [3.63, 3.8) is 0 Å². The van der Waals surface area contributed by atoms with E-state index in [2.05, 4.69) is 11.4 Å². The third kappa shape index (κ3) is 2.68. The van der Waals surface area contributed by atoms with Gasteiger partial charge in [-0.3, -0.25) is 4.79 Å². The summed E-state index contributed by atoms with van der Waals surface area (Å²) in [6.07, 6.45) is 3.37. The van der Waals surface area contributed by atoms with Gasteiger partial charge in [-0.2, -0.15) is 0 Å². The molecule has 3 rings (SSSR count). The zero-order valence-electron chi connectivity index (χ0n) is 10.6. The molecule has 0 saturated heterocycles. The lowest BCUT2D eigenvalue weighted by atomic mass is 9.97. The van der Waals surface area contributed by atoms with Gasteiger partial charge in [0.15, 0.2) is 0 Å². The summed E-state index contributed by atoms with van der Waals surface area (Å²) >= 11 is 3.22. The molecule has 0 aromatic carbocycles. The lowest BCUT2D eigenvalue weighted by Gasteiger charge is -2.17. The second kappa shape index (κ2) is 5.61. The minimum atomic E-state index is 0.0250. The highest BCUT2D eigenvalue weighted by molar-refractivity contribution is 7.27. The largest absolute Gasteiger partial charge is 0.396 e. The first-order chi connectivity index (χ1) is 9.28. The summed E-state index contributed by atoms with van der Waals surface area (Å²) in [6.45, 7) is 0.935. The monoisotopic (exact) mass is 295 g/mol. The molecule has 102 valence electrons. The fraction of sp³-hybridized carbons (Fsp3) is 0.500. The molecular weight excluding hydrogens is 278 g/mol. The van der Waals surface area contributed by atoms with Crippen LogP contribution in [0.1, 0.15) is 28.9 Å². The van der Waals surface area contributed by atoms with E-state index in [4.69, 9.17) is 0 Å². The zero-order valence-corrected chi connectivity index (χ0v) is 12.2. The normalized spacial score (nSPS) is 23.0. The molecule has 0 spiro atoms. The topological polar surface area (TPSA) is 49.3 Å². The van der Waals surface area contributed by atoms with Crippen molar-refractivity contribution < 1.29 is 9.90 Å². The van der Waals surface area contributed by atoms with Crippen molar-refractivity contribution in [1.82, 2.24) is 5.32 Å². The van der Waals surface area contributed by atoms with Gasteiger partial charge in [-0.1, -0.05) is 6.42 Å². The number of rotatable bonds is 4. The third-order valence-corrected chi connectivity index (χ3v) is 6.03. The van der Waals surface area contributed by atoms with Gasteiger partial charge in [0.1, 0.15) is 0 Å². The van der Waals surface area contributed by atoms with Crippen molar-refractivity contribution in [2.75, 3.05) is 13.2 Å². The second-order valence-corrected chi connectivity index (χ2v) is 7.13. The van der Waals surface area contributed by atoms with Crippen LogP contribution in [0.4, 0.5) is 0 Å². The highest BCUT2D eigenvalue weighted by Gasteiger charge is 2.27. The number of thiophene rings is 2. The van der Waals surface area contributed by atoms with E-state index in [1.54, 1.807) is 22.7 Å². The number of aliphatic hydroxyl groups excluding tert-OH is 1. The van der Waals surface area contributed by atoms with E-state index in [1.807, 2.05) is 11.4 Å². The van der Waals surface area contributed by atoms with Crippen LogP contribution in [0.5, 0.6) is 0 Å². The molecule has 0 aliphatic heterocycles. The molecule has 2 aromatic rings. The van der Waals surface area contributed by atoms with Gasteiger partial charge < -0.3 is 10.4 Å². The van der Waals surface area contributed by atoms with E-state index >= 15 is 0 Å². The SMILES string of the molecule is O=C(NCC1CCCC1CO)c1cc2sccc2s1. The molecule has 1 saturated carbocycles. The van der Waals surface area contributed by atoms with Gasteiger partial charge in [-0.25, -0.2) is 0 Å². The average molecular weight is 295 g/mol. The van der Waals surface area contributed by atoms with E-state index in [-0.39, 0.29) is 12.5 Å². The Kier molecular flexibility index (Phi) is 3.86. The standard InChI is InChI=1S/C14H17NO2S2/c16-8-10-3-1-2-9(10)7-15-14(17)13-6-12-11(19-13)4-5-18-12/h4-6,9-10,16H,1-3,7-8H2,(H,15,17). The first kappa shape index (κ1) is 13.1. The first-order valence-electron chi connectivity index (χ1n) is 6.64. The molecule has 2 unspecified atom stereocenters. The highest BCUT2D eigenvalue weighted by atomic mass is 32.1. The van der Waals surface area contributed by atoms with Gasteiger partial charge >= 0.3 is 0 Å². The predicted molar refractivity (Wildman–Crippen MR) is 80.0 cm³/mol. The molecule has 19 heavy (non-hydrogen) atoms. The minimum absolute atomic E-state index is 0.0250. The van der Waals surface area contributed by atoms with Crippen LogP contribution in [0, 0.1) is 11.8 Å². The molecular formula is C14H17NO2S2. The number of hydrogen-bond acceptors (Lipinski definition) is 4. The summed E-state index contributed by atoms with van der Waals surface area (Å²) in [6, 6.07) is 4.03. The molecule has 3 nitrogen and oxygen atoms in total. The van der Waals surface area contributed by atoms with E-state index in [0.29, 0.717) is 18.4 Å². The molecule has 0 bridgehead atoms. The van der Waals surface area contributed by atoms with Crippen LogP contribution < -0.4 is 5.32 Å². The number of carbonyl (C=O) groups excluding carboxylic acids is 1. The summed E-state index contributed by atoms with van der Waals surface area (Å²) in [5, 5.41) is 14.3. The van der Waals surface area contributed by atoms with Gasteiger partial charge in [-0.05, 0) is 42.2 Å². The van der Waals surface area contributed by atoms with E-state index < -0.39 is 0 Å². The molecule has 1 fully saturated rings. The molecule has 5 heteroatoms. The Bertz CT molecular complexity index is 546. The second-order valence-electron chi connectivity index (χ2n) is 5.10. The number of amides is 1. The maximum absolute atomic E-state index is 12.1. The first-order valence-corrected chi connectivity index (χ1v) is 8.33. The Hall–Kier alpha value is -0.910. The highest BCUT2D eigenvalue weighted by Crippen LogP contribution is 2.32. The van der Waals surface area contributed by atoms with Gasteiger partial charge in [0, 0.05) is 22.6 Å². The lowest BCUT2D eigenvalue weighted by Crippen LogP contribution is -2.31. The van der Waals surface area contributed by atoms with Crippen molar-refractivity contribution in [2.24, 2.45) is 11.8 Å². The predicted octanol–water partition coefficient (Wildman–Crippen LogP) is 3.10. The molecule has 2 atom stereocenters. The Morgan fingerprint density at radius 3 is 3.00 bits per heavy atom. The molecule has 1 aliphatic rings. The van der Waals surface area contributed by atoms with Gasteiger partial charge in [0.25, 0.3) is 5.91 Å². The molecule has 0 radical (unpaired) electrons. The molecule has 2 aromatic heterocycles. The minimum Gasteiger partial charge on any atom is -0.396 e. The van der Waals surface area contributed by atoms with Crippen LogP contribution in [0.15, 0.2) is 17.5 Å². The number of nitrogens with one attached hydrogen (secondary N) is 1. The molecule has 1 aliphatic carbocycles. The summed E-state index contributed by atoms with van der Waals surface area (Å²) in [5.41, 5.74) is 0. The number of hydrogen-bond donors (Lipinski definition) is 2. The molecule has 2 N–H and O–H groups in total. The van der Waals surface area contributed by atoms with Crippen molar-refractivity contribution in [3.05, 3.63) is 22.4 Å². The van der Waals surface area contributed by atoms with Crippen molar-refractivity contribution in [2.45, 2.75) is 19.3 Å². The summed E-state index contributed by atoms with van der Waals surface area (Å²) < 4.78 is 2.37. The average Bonchev–Trinajstić information content (AvgIpc) is 3.09. The molecule has 1 amide bonds. The van der Waals surface area contributed by atoms with Crippen LogP contribution >= 0.6 is 22.7 Å². The van der Waals surface area contributed by atoms with Crippen molar-refractivity contribution in [1.29, 1.82) is 0 Å². The fourth-order valence-corrected chi connectivity index (χ4v) is 4.84. The van der Waals surface area contributed by atoms with Crippen LogP contribution in [0.25, 0.3) is 9.40 Å². The number of aliphatic hydroxyl groups is 1. The quantitative estimate of drug-likeness (QED) is 0.910. The van der Waals surface area contributed by atoms with Crippen molar-refractivity contribution >= 4 is 38.0 Å². The fourth-order valence-electron chi connectivity index (χ4n) is 2.81. The maximum atomic E-state index is 12.1. The smallest absolute Gasteiger partial charge is 0.261 e. The van der Waals surface area contributed by atoms with Crippen LogP contribution in [-0.4, -0.2) is 24.2 Å². The van der Waals surface area contributed by atoms with Crippen molar-refractivity contribution in [3.8, 4) is 0 Å². The summed E-state index contributed by atoms with van der Waals surface area (Å²) in [7, 11) is 0. The summed E-state index contributed by atoms with van der Waals surface area (Å²) in [4.78, 5) is 12.9. The van der Waals surface area contributed by atoms with E-state index in [0.717, 1.165) is 17.7 Å². The maximum Gasteiger partial charge on any atom is 0.261 e. The number of carbonyl (C=O) groups is 1. The lowest BCUT2D eigenvalue weighted by molar-refractivity contribution is 0.0942. The number of fused-ring (bicyclic) bond motifs is 1. The Morgan fingerprint density at radius 2 is 2.21 bits per heavy atom. The Morgan fingerprint density at radius 1 is 1.37 bits per heavy atom. The Labute approximate surface area is 120 Å². The van der Waals surface area contributed by atoms with Crippen LogP contribution in [-0.2, 0) is 0 Å². The van der Waals surface area contributed by atoms with Gasteiger partial charge in [-0.15, -0.1) is 22.7 Å².